The van der Waals surface area contributed by atoms with Gasteiger partial charge in [-0.1, -0.05) is 12.1 Å². The molecule has 1 atom stereocenters. The number of fused-ring (bicyclic) bond motifs is 1. The lowest BCUT2D eigenvalue weighted by Gasteiger charge is -2.35. The van der Waals surface area contributed by atoms with Crippen molar-refractivity contribution < 1.29 is 23.4 Å². The second-order valence-corrected chi connectivity index (χ2v) is 11.0. The molecule has 4 aromatic rings. The van der Waals surface area contributed by atoms with Crippen LogP contribution in [0.5, 0.6) is 5.88 Å². The van der Waals surface area contributed by atoms with Gasteiger partial charge in [-0.15, -0.1) is 11.3 Å². The monoisotopic (exact) mass is 576 g/mol. The van der Waals surface area contributed by atoms with Crippen molar-refractivity contribution in [1.82, 2.24) is 19.4 Å². The van der Waals surface area contributed by atoms with E-state index in [4.69, 9.17) is 24.5 Å². The lowest BCUT2D eigenvalue weighted by molar-refractivity contribution is -0.0592. The molecule has 5 heterocycles. The highest BCUT2D eigenvalue weighted by molar-refractivity contribution is 7.20. The SMILES string of the molecule is COC(=O)c1cc2c(nc(CN3CCN(c4cccc(OCc5ccc(C#N)cc5F)n4)CC3)n2C[C@@H]2CCO2)s1. The first-order valence-electron chi connectivity index (χ1n) is 13.5. The van der Waals surface area contributed by atoms with Crippen molar-refractivity contribution in [3.8, 4) is 11.9 Å². The normalized spacial score (nSPS) is 17.3. The number of rotatable bonds is 9. The van der Waals surface area contributed by atoms with Crippen LogP contribution in [0.2, 0.25) is 0 Å². The number of aromatic nitrogens is 3. The number of thiophene rings is 1. The van der Waals surface area contributed by atoms with Crippen LogP contribution in [0.15, 0.2) is 42.5 Å². The summed E-state index contributed by atoms with van der Waals surface area (Å²) in [4.78, 5) is 27.6. The number of hydrogen-bond acceptors (Lipinski definition) is 10. The predicted molar refractivity (Wildman–Crippen MR) is 150 cm³/mol. The molecule has 12 heteroatoms. The van der Waals surface area contributed by atoms with Crippen LogP contribution in [-0.4, -0.2) is 71.4 Å². The summed E-state index contributed by atoms with van der Waals surface area (Å²) >= 11 is 1.36. The third-order valence-corrected chi connectivity index (χ3v) is 8.42. The number of ether oxygens (including phenoxy) is 3. The first-order chi connectivity index (χ1) is 20.0. The highest BCUT2D eigenvalue weighted by Gasteiger charge is 2.26. The molecule has 0 unspecified atom stereocenters. The molecule has 0 aliphatic carbocycles. The number of carbonyl (C=O) groups is 1. The van der Waals surface area contributed by atoms with Crippen LogP contribution in [0.4, 0.5) is 10.2 Å². The fourth-order valence-corrected chi connectivity index (χ4v) is 5.97. The van der Waals surface area contributed by atoms with Crippen molar-refractivity contribution >= 4 is 33.5 Å². The second kappa shape index (κ2) is 11.8. The van der Waals surface area contributed by atoms with Gasteiger partial charge in [0.05, 0.1) is 43.5 Å². The van der Waals surface area contributed by atoms with Crippen LogP contribution in [-0.2, 0) is 29.2 Å². The third-order valence-electron chi connectivity index (χ3n) is 7.42. The summed E-state index contributed by atoms with van der Waals surface area (Å²) in [5, 5.41) is 8.93. The molecule has 10 nitrogen and oxygen atoms in total. The second-order valence-electron chi connectivity index (χ2n) is 10.0. The maximum absolute atomic E-state index is 14.2. The highest BCUT2D eigenvalue weighted by atomic mass is 32.1. The van der Waals surface area contributed by atoms with E-state index in [1.807, 2.05) is 24.3 Å². The number of pyridine rings is 1. The van der Waals surface area contributed by atoms with Crippen LogP contribution in [0.25, 0.3) is 10.3 Å². The van der Waals surface area contributed by atoms with Gasteiger partial charge < -0.3 is 23.7 Å². The minimum absolute atomic E-state index is 0.0267. The molecular weight excluding hydrogens is 547 g/mol. The Labute approximate surface area is 240 Å². The van der Waals surface area contributed by atoms with E-state index >= 15 is 0 Å². The van der Waals surface area contributed by atoms with Gasteiger partial charge in [0.2, 0.25) is 5.88 Å². The van der Waals surface area contributed by atoms with Crippen LogP contribution in [0, 0.1) is 17.1 Å². The molecule has 0 bridgehead atoms. The fraction of sp³-hybridized carbons (Fsp3) is 0.379. The van der Waals surface area contributed by atoms with E-state index in [1.54, 1.807) is 18.2 Å². The zero-order chi connectivity index (χ0) is 28.3. The van der Waals surface area contributed by atoms with Gasteiger partial charge in [0.15, 0.2) is 0 Å². The van der Waals surface area contributed by atoms with E-state index < -0.39 is 5.82 Å². The predicted octanol–water partition coefficient (Wildman–Crippen LogP) is 3.98. The summed E-state index contributed by atoms with van der Waals surface area (Å²) in [6, 6.07) is 13.7. The number of carbonyl (C=O) groups excluding carboxylic acids is 1. The van der Waals surface area contributed by atoms with Gasteiger partial charge in [-0.05, 0) is 30.7 Å². The Hall–Kier alpha value is -4.05. The van der Waals surface area contributed by atoms with Gasteiger partial charge >= 0.3 is 5.97 Å². The number of nitrogens with zero attached hydrogens (tertiary/aromatic N) is 6. The standard InChI is InChI=1S/C29H29FN6O4S/c1-38-29(37)24-14-23-28(41-24)33-26(36(23)16-21-7-12-39-21)17-34-8-10-35(11-9-34)25-3-2-4-27(32-25)40-18-20-6-5-19(15-31)13-22(20)30/h2-6,13-14,21H,7-12,16-18H2,1H3/t21-/m0/s1. The summed E-state index contributed by atoms with van der Waals surface area (Å²) in [6.07, 6.45) is 1.18. The van der Waals surface area contributed by atoms with E-state index in [2.05, 4.69) is 19.4 Å². The van der Waals surface area contributed by atoms with Gasteiger partial charge in [-0.3, -0.25) is 4.90 Å². The summed E-state index contributed by atoms with van der Waals surface area (Å²) in [5.74, 6) is 1.37. The van der Waals surface area contributed by atoms with Gasteiger partial charge in [0.1, 0.15) is 33.8 Å². The van der Waals surface area contributed by atoms with Crippen LogP contribution < -0.4 is 9.64 Å². The fourth-order valence-electron chi connectivity index (χ4n) is 5.00. The molecule has 41 heavy (non-hydrogen) atoms. The van der Waals surface area contributed by atoms with Crippen molar-refractivity contribution in [3.63, 3.8) is 0 Å². The third kappa shape index (κ3) is 5.88. The summed E-state index contributed by atoms with van der Waals surface area (Å²) in [7, 11) is 1.39. The van der Waals surface area contributed by atoms with Gasteiger partial charge in [0, 0.05) is 44.4 Å². The quantitative estimate of drug-likeness (QED) is 0.274. The van der Waals surface area contributed by atoms with E-state index in [0.717, 1.165) is 61.2 Å². The molecule has 0 saturated carbocycles. The Bertz CT molecular complexity index is 1600. The molecule has 212 valence electrons. The molecule has 0 N–H and O–H groups in total. The largest absolute Gasteiger partial charge is 0.473 e. The van der Waals surface area contributed by atoms with Crippen molar-refractivity contribution in [1.29, 1.82) is 5.26 Å². The topological polar surface area (TPSA) is 106 Å². The molecule has 2 aliphatic rings. The lowest BCUT2D eigenvalue weighted by Crippen LogP contribution is -2.46. The number of esters is 1. The van der Waals surface area contributed by atoms with Crippen molar-refractivity contribution in [2.75, 3.05) is 44.8 Å². The van der Waals surface area contributed by atoms with E-state index in [0.29, 0.717) is 29.4 Å². The van der Waals surface area contributed by atoms with Crippen molar-refractivity contribution in [3.05, 3.63) is 70.1 Å². The number of anilines is 1. The number of hydrogen-bond donors (Lipinski definition) is 0. The maximum Gasteiger partial charge on any atom is 0.348 e. The van der Waals surface area contributed by atoms with Crippen molar-refractivity contribution in [2.45, 2.75) is 32.2 Å². The first-order valence-corrected chi connectivity index (χ1v) is 14.3. The molecule has 3 aromatic heterocycles. The average Bonchev–Trinajstić information content (AvgIpc) is 3.52. The van der Waals surface area contributed by atoms with Crippen LogP contribution in [0.3, 0.4) is 0 Å². The minimum Gasteiger partial charge on any atom is -0.473 e. The zero-order valence-corrected chi connectivity index (χ0v) is 23.4. The Morgan fingerprint density at radius 2 is 2.02 bits per heavy atom. The molecule has 2 saturated heterocycles. The summed E-state index contributed by atoms with van der Waals surface area (Å²) in [5.41, 5.74) is 1.59. The Balaban J connectivity index is 1.09. The molecule has 0 radical (unpaired) electrons. The summed E-state index contributed by atoms with van der Waals surface area (Å²) < 4.78 is 32.8. The number of nitriles is 1. The molecule has 0 spiro atoms. The van der Waals surface area contributed by atoms with Crippen molar-refractivity contribution in [2.24, 2.45) is 0 Å². The van der Waals surface area contributed by atoms with Gasteiger partial charge in [-0.25, -0.2) is 14.2 Å². The number of methoxy groups -OCH3 is 1. The lowest BCUT2D eigenvalue weighted by atomic mass is 10.1. The number of benzene rings is 1. The molecule has 0 amide bonds. The molecule has 6 rings (SSSR count). The number of halogens is 1. The number of piperazine rings is 1. The highest BCUT2D eigenvalue weighted by Crippen LogP contribution is 2.29. The van der Waals surface area contributed by atoms with Gasteiger partial charge in [0.25, 0.3) is 0 Å². The molecule has 1 aromatic carbocycles. The van der Waals surface area contributed by atoms with Gasteiger partial charge in [-0.2, -0.15) is 10.2 Å². The molecule has 2 aliphatic heterocycles. The Kier molecular flexibility index (Phi) is 7.82. The van der Waals surface area contributed by atoms with E-state index in [9.17, 15) is 9.18 Å². The molecule has 2 fully saturated rings. The van der Waals surface area contributed by atoms with Crippen LogP contribution in [0.1, 0.15) is 33.0 Å². The smallest absolute Gasteiger partial charge is 0.348 e. The summed E-state index contributed by atoms with van der Waals surface area (Å²) in [6.45, 7) is 5.45. The zero-order valence-electron chi connectivity index (χ0n) is 22.6. The number of imidazole rings is 1. The Morgan fingerprint density at radius 3 is 2.73 bits per heavy atom. The molecular formula is C29H29FN6O4S. The maximum atomic E-state index is 14.2. The average molecular weight is 577 g/mol. The van der Waals surface area contributed by atoms with E-state index in [1.165, 1.54) is 24.5 Å². The van der Waals surface area contributed by atoms with Crippen LogP contribution >= 0.6 is 11.3 Å². The first kappa shape index (κ1) is 27.1. The Morgan fingerprint density at radius 1 is 1.20 bits per heavy atom. The van der Waals surface area contributed by atoms with E-state index in [-0.39, 0.29) is 24.2 Å². The minimum atomic E-state index is -0.471.